The Labute approximate surface area is 142 Å². The van der Waals surface area contributed by atoms with E-state index in [0.717, 1.165) is 31.7 Å². The molecule has 0 spiro atoms. The Kier molecular flexibility index (Phi) is 5.20. The van der Waals surface area contributed by atoms with Crippen molar-refractivity contribution >= 4 is 15.9 Å². The lowest BCUT2D eigenvalue weighted by Gasteiger charge is -2.36. The number of hydrogen-bond donors (Lipinski definition) is 0. The number of sulfonamides is 1. The first-order chi connectivity index (χ1) is 11.5. The van der Waals surface area contributed by atoms with Crippen LogP contribution in [0, 0.1) is 11.7 Å². The average molecular weight is 354 g/mol. The minimum absolute atomic E-state index is 0.0328. The van der Waals surface area contributed by atoms with Crippen molar-refractivity contribution in [2.45, 2.75) is 37.0 Å². The summed E-state index contributed by atoms with van der Waals surface area (Å²) in [5.74, 6) is -0.301. The second kappa shape index (κ2) is 7.19. The molecule has 1 saturated heterocycles. The summed E-state index contributed by atoms with van der Waals surface area (Å²) >= 11 is 0. The molecule has 3 rings (SSSR count). The van der Waals surface area contributed by atoms with Crippen molar-refractivity contribution in [1.82, 2.24) is 9.21 Å². The number of hydrogen-bond acceptors (Lipinski definition) is 3. The van der Waals surface area contributed by atoms with Gasteiger partial charge in [-0.05, 0) is 31.0 Å². The van der Waals surface area contributed by atoms with Gasteiger partial charge in [0.2, 0.25) is 15.9 Å². The second-order valence-corrected chi connectivity index (χ2v) is 8.46. The van der Waals surface area contributed by atoms with Crippen molar-refractivity contribution in [1.29, 1.82) is 0 Å². The van der Waals surface area contributed by atoms with Gasteiger partial charge in [0.1, 0.15) is 5.82 Å². The van der Waals surface area contributed by atoms with E-state index in [2.05, 4.69) is 0 Å². The van der Waals surface area contributed by atoms with Crippen LogP contribution in [-0.2, 0) is 14.8 Å². The molecule has 1 amide bonds. The molecule has 0 N–H and O–H groups in total. The van der Waals surface area contributed by atoms with Crippen LogP contribution in [0.25, 0.3) is 0 Å². The molecule has 1 aromatic carbocycles. The maximum atomic E-state index is 13.3. The molecule has 132 valence electrons. The Morgan fingerprint density at radius 1 is 1.04 bits per heavy atom. The predicted molar refractivity (Wildman–Crippen MR) is 88.3 cm³/mol. The molecule has 5 nitrogen and oxygen atoms in total. The molecule has 2 aliphatic rings. The predicted octanol–water partition coefficient (Wildman–Crippen LogP) is 2.24. The first kappa shape index (κ1) is 17.4. The van der Waals surface area contributed by atoms with E-state index in [9.17, 15) is 17.6 Å². The number of piperazine rings is 1. The van der Waals surface area contributed by atoms with Gasteiger partial charge in [0, 0.05) is 32.1 Å². The zero-order valence-electron chi connectivity index (χ0n) is 13.7. The van der Waals surface area contributed by atoms with E-state index >= 15 is 0 Å². The lowest BCUT2D eigenvalue weighted by atomic mass is 9.88. The van der Waals surface area contributed by atoms with E-state index in [0.29, 0.717) is 13.1 Å². The fourth-order valence-corrected chi connectivity index (χ4v) is 4.99. The van der Waals surface area contributed by atoms with E-state index in [1.165, 1.54) is 28.9 Å². The largest absolute Gasteiger partial charge is 0.340 e. The number of carbonyl (C=O) groups excluding carboxylic acids is 1. The molecule has 7 heteroatoms. The maximum absolute atomic E-state index is 13.3. The second-order valence-electron chi connectivity index (χ2n) is 6.52. The van der Waals surface area contributed by atoms with Crippen molar-refractivity contribution in [2.24, 2.45) is 5.92 Å². The molecule has 0 unspecified atom stereocenters. The Hall–Kier alpha value is -1.47. The van der Waals surface area contributed by atoms with Crippen molar-refractivity contribution in [3.05, 3.63) is 30.1 Å². The smallest absolute Gasteiger partial charge is 0.243 e. The van der Waals surface area contributed by atoms with E-state index in [1.807, 2.05) is 0 Å². The molecule has 2 fully saturated rings. The number of nitrogens with zero attached hydrogens (tertiary/aromatic N) is 2. The van der Waals surface area contributed by atoms with Crippen molar-refractivity contribution < 1.29 is 17.6 Å². The number of carbonyl (C=O) groups is 1. The molecular weight excluding hydrogens is 331 g/mol. The summed E-state index contributed by atoms with van der Waals surface area (Å²) < 4.78 is 39.8. The quantitative estimate of drug-likeness (QED) is 0.836. The molecule has 24 heavy (non-hydrogen) atoms. The maximum Gasteiger partial charge on any atom is 0.243 e. The minimum Gasteiger partial charge on any atom is -0.340 e. The normalized spacial score (nSPS) is 21.0. The third kappa shape index (κ3) is 3.62. The average Bonchev–Trinajstić information content (AvgIpc) is 2.62. The molecule has 0 radical (unpaired) electrons. The van der Waals surface area contributed by atoms with Gasteiger partial charge in [-0.2, -0.15) is 4.31 Å². The lowest BCUT2D eigenvalue weighted by Crippen LogP contribution is -2.52. The van der Waals surface area contributed by atoms with Gasteiger partial charge in [-0.3, -0.25) is 4.79 Å². The minimum atomic E-state index is -3.70. The van der Waals surface area contributed by atoms with Crippen LogP contribution in [0.4, 0.5) is 4.39 Å². The molecule has 1 saturated carbocycles. The highest BCUT2D eigenvalue weighted by molar-refractivity contribution is 7.89. The summed E-state index contributed by atoms with van der Waals surface area (Å²) in [4.78, 5) is 14.3. The summed E-state index contributed by atoms with van der Waals surface area (Å²) in [5.41, 5.74) is 0. The standard InChI is InChI=1S/C17H23FN2O3S/c18-15-7-4-8-16(13-15)24(22,23)20-11-9-19(10-12-20)17(21)14-5-2-1-3-6-14/h4,7-8,13-14H,1-3,5-6,9-12H2. The van der Waals surface area contributed by atoms with Gasteiger partial charge < -0.3 is 4.90 Å². The van der Waals surface area contributed by atoms with Gasteiger partial charge in [0.05, 0.1) is 4.90 Å². The van der Waals surface area contributed by atoms with E-state index in [-0.39, 0.29) is 29.8 Å². The number of amides is 1. The van der Waals surface area contributed by atoms with Crippen molar-refractivity contribution in [3.8, 4) is 0 Å². The summed E-state index contributed by atoms with van der Waals surface area (Å²) in [6.45, 7) is 1.34. The third-order valence-corrected chi connectivity index (χ3v) is 6.83. The first-order valence-electron chi connectivity index (χ1n) is 8.53. The molecule has 0 aromatic heterocycles. The van der Waals surface area contributed by atoms with E-state index in [4.69, 9.17) is 0 Å². The zero-order chi connectivity index (χ0) is 17.2. The van der Waals surface area contributed by atoms with E-state index in [1.54, 1.807) is 4.90 Å². The molecule has 1 aliphatic heterocycles. The molecule has 0 atom stereocenters. The SMILES string of the molecule is O=C(C1CCCCC1)N1CCN(S(=O)(=O)c2cccc(F)c2)CC1. The first-order valence-corrected chi connectivity index (χ1v) is 9.97. The van der Waals surface area contributed by atoms with Gasteiger partial charge in [0.25, 0.3) is 0 Å². The Morgan fingerprint density at radius 3 is 2.33 bits per heavy atom. The Morgan fingerprint density at radius 2 is 1.71 bits per heavy atom. The van der Waals surface area contributed by atoms with Crippen LogP contribution in [0.15, 0.2) is 29.2 Å². The topological polar surface area (TPSA) is 57.7 Å². The summed E-state index contributed by atoms with van der Waals surface area (Å²) in [6, 6.07) is 5.05. The molecule has 1 aromatic rings. The molecule has 0 bridgehead atoms. The van der Waals surface area contributed by atoms with Crippen LogP contribution in [0.1, 0.15) is 32.1 Å². The summed E-state index contributed by atoms with van der Waals surface area (Å²) in [5, 5.41) is 0. The van der Waals surface area contributed by atoms with Crippen LogP contribution < -0.4 is 0 Å². The number of halogens is 1. The van der Waals surface area contributed by atoms with Crippen LogP contribution >= 0.6 is 0 Å². The van der Waals surface area contributed by atoms with Gasteiger partial charge >= 0.3 is 0 Å². The van der Waals surface area contributed by atoms with Crippen molar-refractivity contribution in [2.75, 3.05) is 26.2 Å². The Bertz CT molecular complexity index is 694. The fraction of sp³-hybridized carbons (Fsp3) is 0.588. The van der Waals surface area contributed by atoms with Crippen LogP contribution in [0.2, 0.25) is 0 Å². The third-order valence-electron chi connectivity index (χ3n) is 4.94. The Balaban J connectivity index is 1.63. The lowest BCUT2D eigenvalue weighted by molar-refractivity contribution is -0.137. The highest BCUT2D eigenvalue weighted by atomic mass is 32.2. The highest BCUT2D eigenvalue weighted by Gasteiger charge is 2.32. The van der Waals surface area contributed by atoms with Gasteiger partial charge in [-0.25, -0.2) is 12.8 Å². The summed E-state index contributed by atoms with van der Waals surface area (Å²) in [6.07, 6.45) is 5.29. The van der Waals surface area contributed by atoms with Crippen LogP contribution in [-0.4, -0.2) is 49.7 Å². The zero-order valence-corrected chi connectivity index (χ0v) is 14.5. The number of rotatable bonds is 3. The molecular formula is C17H23FN2O3S. The monoisotopic (exact) mass is 354 g/mol. The molecule has 1 aliphatic carbocycles. The highest BCUT2D eigenvalue weighted by Crippen LogP contribution is 2.26. The van der Waals surface area contributed by atoms with Gasteiger partial charge in [-0.1, -0.05) is 25.3 Å². The van der Waals surface area contributed by atoms with Crippen molar-refractivity contribution in [3.63, 3.8) is 0 Å². The number of benzene rings is 1. The molecule has 1 heterocycles. The van der Waals surface area contributed by atoms with Crippen LogP contribution in [0.3, 0.4) is 0 Å². The fourth-order valence-electron chi connectivity index (χ4n) is 3.53. The van der Waals surface area contributed by atoms with E-state index < -0.39 is 15.8 Å². The van der Waals surface area contributed by atoms with Gasteiger partial charge in [0.15, 0.2) is 0 Å². The van der Waals surface area contributed by atoms with Gasteiger partial charge in [-0.15, -0.1) is 0 Å². The summed E-state index contributed by atoms with van der Waals surface area (Å²) in [7, 11) is -3.70. The van der Waals surface area contributed by atoms with Crippen LogP contribution in [0.5, 0.6) is 0 Å².